The predicted molar refractivity (Wildman–Crippen MR) is 85.1 cm³/mol. The van der Waals surface area contributed by atoms with Crippen LogP contribution in [0.25, 0.3) is 0 Å². The van der Waals surface area contributed by atoms with Crippen molar-refractivity contribution in [3.05, 3.63) is 35.9 Å². The largest absolute Gasteiger partial charge is 0.336 e. The van der Waals surface area contributed by atoms with E-state index in [9.17, 15) is 4.79 Å². The number of carbonyl (C=O) groups is 1. The van der Waals surface area contributed by atoms with Crippen LogP contribution < -0.4 is 10.6 Å². The maximum atomic E-state index is 12.1. The Labute approximate surface area is 127 Å². The Bertz CT molecular complexity index is 453. The number of amides is 2. The Kier molecular flexibility index (Phi) is 4.47. The van der Waals surface area contributed by atoms with Crippen LogP contribution >= 0.6 is 0 Å². The van der Waals surface area contributed by atoms with Crippen LogP contribution in [0.2, 0.25) is 0 Å². The molecular weight excluding hydrogens is 260 g/mol. The van der Waals surface area contributed by atoms with Crippen LogP contribution in [0.3, 0.4) is 0 Å². The van der Waals surface area contributed by atoms with Gasteiger partial charge in [-0.25, -0.2) is 4.79 Å². The molecular formula is C18H26N2O. The van der Waals surface area contributed by atoms with E-state index in [1.54, 1.807) is 0 Å². The van der Waals surface area contributed by atoms with E-state index in [4.69, 9.17) is 0 Å². The SMILES string of the molecule is CC(CCc1ccccc1)NC(=O)NC(C1CC1)C1CC1. The molecule has 114 valence electrons. The lowest BCUT2D eigenvalue weighted by molar-refractivity contribution is 0.229. The van der Waals surface area contributed by atoms with Gasteiger partial charge in [0.1, 0.15) is 0 Å². The van der Waals surface area contributed by atoms with E-state index in [2.05, 4.69) is 41.8 Å². The molecule has 0 spiro atoms. The maximum absolute atomic E-state index is 12.1. The van der Waals surface area contributed by atoms with Crippen molar-refractivity contribution in [2.24, 2.45) is 11.8 Å². The molecule has 2 aliphatic carbocycles. The van der Waals surface area contributed by atoms with Gasteiger partial charge in [0.2, 0.25) is 0 Å². The van der Waals surface area contributed by atoms with Crippen molar-refractivity contribution in [1.82, 2.24) is 10.6 Å². The van der Waals surface area contributed by atoms with Crippen LogP contribution in [0.15, 0.2) is 30.3 Å². The average Bonchev–Trinajstić information content (AvgIpc) is 3.37. The van der Waals surface area contributed by atoms with Crippen molar-refractivity contribution in [2.75, 3.05) is 0 Å². The second-order valence-corrected chi connectivity index (χ2v) is 6.74. The van der Waals surface area contributed by atoms with Crippen molar-refractivity contribution < 1.29 is 4.79 Å². The highest BCUT2D eigenvalue weighted by molar-refractivity contribution is 5.74. The van der Waals surface area contributed by atoms with E-state index in [-0.39, 0.29) is 12.1 Å². The fourth-order valence-electron chi connectivity index (χ4n) is 3.05. The van der Waals surface area contributed by atoms with Gasteiger partial charge in [0, 0.05) is 12.1 Å². The molecule has 3 heteroatoms. The van der Waals surface area contributed by atoms with Gasteiger partial charge in [0.15, 0.2) is 0 Å². The Morgan fingerprint density at radius 2 is 1.71 bits per heavy atom. The lowest BCUT2D eigenvalue weighted by Gasteiger charge is -2.20. The highest BCUT2D eigenvalue weighted by Crippen LogP contribution is 2.44. The van der Waals surface area contributed by atoms with E-state index >= 15 is 0 Å². The fourth-order valence-corrected chi connectivity index (χ4v) is 3.05. The monoisotopic (exact) mass is 286 g/mol. The summed E-state index contributed by atoms with van der Waals surface area (Å²) >= 11 is 0. The minimum atomic E-state index is 0.0272. The van der Waals surface area contributed by atoms with Crippen LogP contribution in [0.4, 0.5) is 4.79 Å². The molecule has 0 radical (unpaired) electrons. The molecule has 2 N–H and O–H groups in total. The van der Waals surface area contributed by atoms with E-state index in [1.807, 2.05) is 6.07 Å². The number of hydrogen-bond donors (Lipinski definition) is 2. The Morgan fingerprint density at radius 3 is 2.29 bits per heavy atom. The van der Waals surface area contributed by atoms with Crippen molar-refractivity contribution in [2.45, 2.75) is 57.5 Å². The molecule has 3 nitrogen and oxygen atoms in total. The summed E-state index contributed by atoms with van der Waals surface area (Å²) in [7, 11) is 0. The zero-order chi connectivity index (χ0) is 14.7. The first-order chi connectivity index (χ1) is 10.2. The standard InChI is InChI=1S/C18H26N2O/c1-13(7-8-14-5-3-2-4-6-14)19-18(21)20-17(15-9-10-15)16-11-12-16/h2-6,13,15-17H,7-12H2,1H3,(H2,19,20,21). The van der Waals surface area contributed by atoms with Gasteiger partial charge in [-0.05, 0) is 62.8 Å². The normalized spacial score (nSPS) is 19.3. The molecule has 1 aromatic rings. The number of nitrogens with one attached hydrogen (secondary N) is 2. The van der Waals surface area contributed by atoms with Crippen molar-refractivity contribution in [3.8, 4) is 0 Å². The van der Waals surface area contributed by atoms with Crippen LogP contribution in [0, 0.1) is 11.8 Å². The van der Waals surface area contributed by atoms with Gasteiger partial charge < -0.3 is 10.6 Å². The molecule has 1 atom stereocenters. The highest BCUT2D eigenvalue weighted by Gasteiger charge is 2.42. The molecule has 21 heavy (non-hydrogen) atoms. The van der Waals surface area contributed by atoms with Crippen molar-refractivity contribution >= 4 is 6.03 Å². The van der Waals surface area contributed by atoms with Gasteiger partial charge in [-0.3, -0.25) is 0 Å². The fraction of sp³-hybridized carbons (Fsp3) is 0.611. The van der Waals surface area contributed by atoms with Crippen LogP contribution in [-0.2, 0) is 6.42 Å². The van der Waals surface area contributed by atoms with Gasteiger partial charge in [-0.15, -0.1) is 0 Å². The van der Waals surface area contributed by atoms with Gasteiger partial charge in [-0.2, -0.15) is 0 Å². The van der Waals surface area contributed by atoms with E-state index in [0.717, 1.165) is 24.7 Å². The first-order valence-corrected chi connectivity index (χ1v) is 8.33. The molecule has 0 heterocycles. The van der Waals surface area contributed by atoms with Gasteiger partial charge >= 0.3 is 6.03 Å². The number of urea groups is 1. The second-order valence-electron chi connectivity index (χ2n) is 6.74. The van der Waals surface area contributed by atoms with Crippen molar-refractivity contribution in [1.29, 1.82) is 0 Å². The molecule has 1 aromatic carbocycles. The topological polar surface area (TPSA) is 41.1 Å². The molecule has 2 amide bonds. The number of aryl methyl sites for hydroxylation is 1. The van der Waals surface area contributed by atoms with Gasteiger partial charge in [-0.1, -0.05) is 30.3 Å². The van der Waals surface area contributed by atoms with Crippen LogP contribution in [-0.4, -0.2) is 18.1 Å². The Hall–Kier alpha value is -1.51. The lowest BCUT2D eigenvalue weighted by atomic mass is 10.1. The summed E-state index contributed by atoms with van der Waals surface area (Å²) in [6, 6.07) is 11.1. The summed E-state index contributed by atoms with van der Waals surface area (Å²) < 4.78 is 0. The van der Waals surface area contributed by atoms with Gasteiger partial charge in [0.25, 0.3) is 0 Å². The van der Waals surface area contributed by atoms with E-state index < -0.39 is 0 Å². The average molecular weight is 286 g/mol. The summed E-state index contributed by atoms with van der Waals surface area (Å²) in [4.78, 5) is 12.1. The number of carbonyl (C=O) groups excluding carboxylic acids is 1. The molecule has 1 unspecified atom stereocenters. The third kappa shape index (κ3) is 4.48. The highest BCUT2D eigenvalue weighted by atomic mass is 16.2. The zero-order valence-corrected chi connectivity index (χ0v) is 12.8. The third-order valence-corrected chi connectivity index (χ3v) is 4.64. The Morgan fingerprint density at radius 1 is 1.10 bits per heavy atom. The van der Waals surface area contributed by atoms with Crippen LogP contribution in [0.1, 0.15) is 44.6 Å². The first-order valence-electron chi connectivity index (χ1n) is 8.33. The molecule has 0 bridgehead atoms. The number of rotatable bonds is 7. The third-order valence-electron chi connectivity index (χ3n) is 4.64. The zero-order valence-electron chi connectivity index (χ0n) is 12.8. The second kappa shape index (κ2) is 6.50. The summed E-state index contributed by atoms with van der Waals surface area (Å²) in [5.41, 5.74) is 1.33. The molecule has 3 rings (SSSR count). The molecule has 2 saturated carbocycles. The number of benzene rings is 1. The van der Waals surface area contributed by atoms with Crippen molar-refractivity contribution in [3.63, 3.8) is 0 Å². The summed E-state index contributed by atoms with van der Waals surface area (Å²) in [5, 5.41) is 6.32. The molecule has 2 aliphatic rings. The molecule has 0 aliphatic heterocycles. The smallest absolute Gasteiger partial charge is 0.315 e. The molecule has 0 aromatic heterocycles. The van der Waals surface area contributed by atoms with E-state index in [1.165, 1.54) is 31.2 Å². The van der Waals surface area contributed by atoms with Crippen LogP contribution in [0.5, 0.6) is 0 Å². The lowest BCUT2D eigenvalue weighted by Crippen LogP contribution is -2.47. The molecule has 2 fully saturated rings. The quantitative estimate of drug-likeness (QED) is 0.791. The van der Waals surface area contributed by atoms with E-state index in [0.29, 0.717) is 6.04 Å². The summed E-state index contributed by atoms with van der Waals surface area (Å²) in [6.07, 6.45) is 7.18. The summed E-state index contributed by atoms with van der Waals surface area (Å²) in [5.74, 6) is 1.51. The predicted octanol–water partition coefficient (Wildman–Crippen LogP) is 3.50. The minimum Gasteiger partial charge on any atom is -0.336 e. The molecule has 0 saturated heterocycles. The Balaban J connectivity index is 1.39. The minimum absolute atomic E-state index is 0.0272. The van der Waals surface area contributed by atoms with Gasteiger partial charge in [0.05, 0.1) is 0 Å². The first kappa shape index (κ1) is 14.4. The maximum Gasteiger partial charge on any atom is 0.315 e. The summed E-state index contributed by atoms with van der Waals surface area (Å²) in [6.45, 7) is 2.09. The number of hydrogen-bond acceptors (Lipinski definition) is 1.